The Balaban J connectivity index is 2.42. The van der Waals surface area contributed by atoms with E-state index in [1.54, 1.807) is 25.6 Å². The third kappa shape index (κ3) is 7.01. The predicted octanol–water partition coefficient (Wildman–Crippen LogP) is 6.78. The fraction of sp³-hybridized carbons (Fsp3) is 0.500. The third-order valence-electron chi connectivity index (χ3n) is 5.26. The lowest BCUT2D eigenvalue weighted by Crippen LogP contribution is -2.20. The van der Waals surface area contributed by atoms with Gasteiger partial charge in [0.1, 0.15) is 17.3 Å². The Kier molecular flexibility index (Phi) is 9.57. The van der Waals surface area contributed by atoms with Gasteiger partial charge >= 0.3 is 6.16 Å². The van der Waals surface area contributed by atoms with Crippen molar-refractivity contribution in [2.45, 2.75) is 72.5 Å². The highest BCUT2D eigenvalue weighted by Crippen LogP contribution is 2.35. The zero-order chi connectivity index (χ0) is 25.5. The quantitative estimate of drug-likeness (QED) is 0.127. The summed E-state index contributed by atoms with van der Waals surface area (Å²) in [6.07, 6.45) is 0.883. The summed E-state index contributed by atoms with van der Waals surface area (Å²) >= 11 is 6.53. The van der Waals surface area contributed by atoms with Crippen molar-refractivity contribution in [3.8, 4) is 6.07 Å². The van der Waals surface area contributed by atoms with Crippen molar-refractivity contribution >= 4 is 29.1 Å². The van der Waals surface area contributed by atoms with E-state index in [1.165, 1.54) is 0 Å². The van der Waals surface area contributed by atoms with Gasteiger partial charge in [0.05, 0.1) is 17.3 Å². The molecule has 34 heavy (non-hydrogen) atoms. The number of nitrogens with zero attached hydrogens (tertiary/aromatic N) is 3. The van der Waals surface area contributed by atoms with Crippen LogP contribution in [0.2, 0.25) is 5.02 Å². The molecule has 1 aromatic heterocycles. The van der Waals surface area contributed by atoms with Gasteiger partial charge in [-0.05, 0) is 29.9 Å². The van der Waals surface area contributed by atoms with E-state index in [9.17, 15) is 10.1 Å². The van der Waals surface area contributed by atoms with E-state index in [-0.39, 0.29) is 23.4 Å². The number of unbranched alkanes of at least 4 members (excludes halogenated alkanes) is 2. The third-order valence-corrected chi connectivity index (χ3v) is 5.71. The van der Waals surface area contributed by atoms with E-state index >= 15 is 0 Å². The van der Waals surface area contributed by atoms with Gasteiger partial charge in [-0.1, -0.05) is 76.4 Å². The fourth-order valence-corrected chi connectivity index (χ4v) is 3.61. The monoisotopic (exact) mass is 487 g/mol. The minimum Gasteiger partial charge on any atom is -0.451 e. The van der Waals surface area contributed by atoms with Gasteiger partial charge in [0, 0.05) is 14.0 Å². The molecule has 0 saturated heterocycles. The smallest absolute Gasteiger partial charge is 0.451 e. The summed E-state index contributed by atoms with van der Waals surface area (Å²) in [6.45, 7) is 12.0. The van der Waals surface area contributed by atoms with E-state index in [1.807, 2.05) is 24.3 Å². The molecular weight excluding hydrogens is 454 g/mol. The van der Waals surface area contributed by atoms with Gasteiger partial charge in [0.2, 0.25) is 6.29 Å². The number of carbonyl (C=O) groups excluding carboxylic acids is 1. The Bertz CT molecular complexity index is 1060. The van der Waals surface area contributed by atoms with Gasteiger partial charge in [0.25, 0.3) is 0 Å². The fourth-order valence-electron chi connectivity index (χ4n) is 3.36. The van der Waals surface area contributed by atoms with Crippen molar-refractivity contribution in [3.05, 3.63) is 51.8 Å². The first kappa shape index (κ1) is 27.3. The molecule has 1 atom stereocenters. The molecule has 0 radical (unpaired) electrons. The topological polar surface area (TPSA) is 86.4 Å². The Labute approximate surface area is 207 Å². The van der Waals surface area contributed by atoms with Crippen molar-refractivity contribution in [1.82, 2.24) is 9.78 Å². The van der Waals surface area contributed by atoms with Crippen LogP contribution in [0.1, 0.15) is 76.4 Å². The lowest BCUT2D eigenvalue weighted by atomic mass is 9.86. The standard InChI is InChI=1S/C26H34ClN3O4/c1-8-9-10-15-32-25(31)34-18(3)33-24(23-22(27)17(2)29-30(23)7)21(16-28)19-11-13-20(14-12-19)26(4,5)6/h11-14,18H,8-10,15H2,1-7H3/b24-21-. The van der Waals surface area contributed by atoms with Gasteiger partial charge in [-0.2, -0.15) is 10.4 Å². The Morgan fingerprint density at radius 2 is 1.85 bits per heavy atom. The van der Waals surface area contributed by atoms with Gasteiger partial charge in [-0.3, -0.25) is 4.68 Å². The van der Waals surface area contributed by atoms with Crippen LogP contribution in [0, 0.1) is 18.3 Å². The number of benzene rings is 1. The van der Waals surface area contributed by atoms with E-state index < -0.39 is 12.4 Å². The summed E-state index contributed by atoms with van der Waals surface area (Å²) in [6, 6.07) is 9.93. The zero-order valence-electron chi connectivity index (χ0n) is 21.1. The number of hydrogen-bond acceptors (Lipinski definition) is 6. The highest BCUT2D eigenvalue weighted by atomic mass is 35.5. The highest BCUT2D eigenvalue weighted by molar-refractivity contribution is 6.33. The van der Waals surface area contributed by atoms with Gasteiger partial charge in [0.15, 0.2) is 5.76 Å². The summed E-state index contributed by atoms with van der Waals surface area (Å²) < 4.78 is 17.9. The van der Waals surface area contributed by atoms with E-state index in [2.05, 4.69) is 38.9 Å². The van der Waals surface area contributed by atoms with Crippen molar-refractivity contribution in [3.63, 3.8) is 0 Å². The number of nitriles is 1. The minimum atomic E-state index is -1.03. The lowest BCUT2D eigenvalue weighted by Gasteiger charge is -2.21. The average molecular weight is 488 g/mol. The number of halogens is 1. The summed E-state index contributed by atoms with van der Waals surface area (Å²) in [4.78, 5) is 12.1. The SMILES string of the molecule is CCCCCOC(=O)OC(C)O/C(=C(/C#N)c1ccc(C(C)(C)C)cc1)c1c(Cl)c(C)nn1C. The van der Waals surface area contributed by atoms with Crippen LogP contribution in [0.25, 0.3) is 11.3 Å². The molecule has 0 fully saturated rings. The van der Waals surface area contributed by atoms with Crippen LogP contribution in [0.15, 0.2) is 24.3 Å². The molecule has 184 valence electrons. The highest BCUT2D eigenvalue weighted by Gasteiger charge is 2.25. The largest absolute Gasteiger partial charge is 0.511 e. The summed E-state index contributed by atoms with van der Waals surface area (Å²) in [5, 5.41) is 14.8. The van der Waals surface area contributed by atoms with E-state index in [4.69, 9.17) is 25.8 Å². The van der Waals surface area contributed by atoms with Crippen molar-refractivity contribution in [2.24, 2.45) is 7.05 Å². The molecule has 1 aromatic carbocycles. The summed E-state index contributed by atoms with van der Waals surface area (Å²) in [5.41, 5.74) is 3.00. The maximum Gasteiger partial charge on any atom is 0.511 e. The minimum absolute atomic E-state index is 0.0311. The second-order valence-electron chi connectivity index (χ2n) is 9.12. The number of aryl methyl sites for hydroxylation is 2. The molecule has 1 unspecified atom stereocenters. The molecule has 1 heterocycles. The number of hydrogen-bond donors (Lipinski definition) is 0. The Morgan fingerprint density at radius 3 is 2.35 bits per heavy atom. The van der Waals surface area contributed by atoms with Crippen LogP contribution >= 0.6 is 11.6 Å². The van der Waals surface area contributed by atoms with Gasteiger partial charge < -0.3 is 14.2 Å². The molecule has 7 nitrogen and oxygen atoms in total. The van der Waals surface area contributed by atoms with Gasteiger partial charge in [-0.25, -0.2) is 4.79 Å². The molecule has 0 bridgehead atoms. The lowest BCUT2D eigenvalue weighted by molar-refractivity contribution is -0.0672. The van der Waals surface area contributed by atoms with Crippen LogP contribution in [-0.4, -0.2) is 28.8 Å². The molecule has 2 rings (SSSR count). The van der Waals surface area contributed by atoms with Gasteiger partial charge in [-0.15, -0.1) is 0 Å². The second kappa shape index (κ2) is 11.9. The molecule has 2 aromatic rings. The molecule has 0 aliphatic rings. The van der Waals surface area contributed by atoms with Crippen LogP contribution < -0.4 is 0 Å². The molecule has 0 spiro atoms. The first-order valence-electron chi connectivity index (χ1n) is 11.4. The van der Waals surface area contributed by atoms with Crippen LogP contribution in [0.4, 0.5) is 4.79 Å². The molecule has 0 N–H and O–H groups in total. The number of aromatic nitrogens is 2. The number of ether oxygens (including phenoxy) is 3. The molecule has 0 aliphatic carbocycles. The first-order chi connectivity index (χ1) is 16.0. The van der Waals surface area contributed by atoms with Crippen molar-refractivity contribution in [1.29, 1.82) is 5.26 Å². The summed E-state index contributed by atoms with van der Waals surface area (Å²) in [7, 11) is 1.71. The predicted molar refractivity (Wildman–Crippen MR) is 133 cm³/mol. The maximum atomic E-state index is 12.1. The zero-order valence-corrected chi connectivity index (χ0v) is 21.8. The van der Waals surface area contributed by atoms with E-state index in [0.717, 1.165) is 24.8 Å². The Hall–Kier alpha value is -2.98. The average Bonchev–Trinajstić information content (AvgIpc) is 3.02. The van der Waals surface area contributed by atoms with Crippen LogP contribution in [-0.2, 0) is 26.7 Å². The second-order valence-corrected chi connectivity index (χ2v) is 9.50. The number of carbonyl (C=O) groups is 1. The van der Waals surface area contributed by atoms with Crippen molar-refractivity contribution < 1.29 is 19.0 Å². The normalized spacial score (nSPS) is 13.0. The molecule has 0 saturated carbocycles. The Morgan fingerprint density at radius 1 is 1.21 bits per heavy atom. The molecule has 0 aliphatic heterocycles. The molecular formula is C26H34ClN3O4. The maximum absolute atomic E-state index is 12.1. The summed E-state index contributed by atoms with van der Waals surface area (Å²) in [5.74, 6) is 0.172. The first-order valence-corrected chi connectivity index (χ1v) is 11.8. The number of allylic oxidation sites excluding steroid dienone is 1. The van der Waals surface area contributed by atoms with Crippen molar-refractivity contribution in [2.75, 3.05) is 6.61 Å². The number of rotatable bonds is 9. The van der Waals surface area contributed by atoms with Crippen LogP contribution in [0.3, 0.4) is 0 Å². The van der Waals surface area contributed by atoms with Crippen LogP contribution in [0.5, 0.6) is 0 Å². The molecule has 0 amide bonds. The molecule has 8 heteroatoms. The van der Waals surface area contributed by atoms with E-state index in [0.29, 0.717) is 22.0 Å².